The molecule has 0 aliphatic carbocycles. The van der Waals surface area contributed by atoms with Crippen LogP contribution in [0.5, 0.6) is 0 Å². The van der Waals surface area contributed by atoms with Crippen molar-refractivity contribution in [2.75, 3.05) is 19.8 Å². The molecule has 1 N–H and O–H groups in total. The Morgan fingerprint density at radius 1 is 1.47 bits per heavy atom. The highest BCUT2D eigenvalue weighted by atomic mass is 35.5. The van der Waals surface area contributed by atoms with E-state index < -0.39 is 0 Å². The number of hydrogen-bond acceptors (Lipinski definition) is 2. The summed E-state index contributed by atoms with van der Waals surface area (Å²) in [6.07, 6.45) is 3.50. The quantitative estimate of drug-likeness (QED) is 0.877. The first-order chi connectivity index (χ1) is 9.22. The van der Waals surface area contributed by atoms with Crippen LogP contribution in [0.25, 0.3) is 0 Å². The number of rotatable bonds is 5. The topological polar surface area (TPSA) is 21.3 Å². The highest BCUT2D eigenvalue weighted by Gasteiger charge is 2.26. The number of aryl methyl sites for hydroxylation is 1. The summed E-state index contributed by atoms with van der Waals surface area (Å²) < 4.78 is 5.65. The van der Waals surface area contributed by atoms with Gasteiger partial charge in [0.15, 0.2) is 0 Å². The Bertz CT molecular complexity index is 402. The smallest absolute Gasteiger partial charge is 0.0512 e. The molecule has 1 aromatic rings. The van der Waals surface area contributed by atoms with Gasteiger partial charge < -0.3 is 10.1 Å². The van der Waals surface area contributed by atoms with Gasteiger partial charge in [0.2, 0.25) is 0 Å². The highest BCUT2D eigenvalue weighted by molar-refractivity contribution is 6.31. The van der Waals surface area contributed by atoms with Gasteiger partial charge in [-0.2, -0.15) is 0 Å². The summed E-state index contributed by atoms with van der Waals surface area (Å²) >= 11 is 6.44. The van der Waals surface area contributed by atoms with Crippen molar-refractivity contribution >= 4 is 11.6 Å². The average molecular weight is 282 g/mol. The van der Waals surface area contributed by atoms with Gasteiger partial charge in [-0.3, -0.25) is 0 Å². The van der Waals surface area contributed by atoms with Crippen LogP contribution in [0, 0.1) is 12.8 Å². The van der Waals surface area contributed by atoms with E-state index in [9.17, 15) is 0 Å². The molecule has 0 amide bonds. The molecule has 0 aromatic heterocycles. The van der Waals surface area contributed by atoms with Crippen LogP contribution < -0.4 is 5.32 Å². The minimum Gasteiger partial charge on any atom is -0.381 e. The summed E-state index contributed by atoms with van der Waals surface area (Å²) in [5, 5.41) is 4.53. The first-order valence-corrected chi connectivity index (χ1v) is 7.67. The third kappa shape index (κ3) is 3.95. The summed E-state index contributed by atoms with van der Waals surface area (Å²) in [4.78, 5) is 0. The molecule has 0 bridgehead atoms. The number of hydrogen-bond donors (Lipinski definition) is 1. The van der Waals surface area contributed by atoms with E-state index >= 15 is 0 Å². The van der Waals surface area contributed by atoms with Crippen LogP contribution >= 0.6 is 11.6 Å². The normalized spacial score (nSPS) is 21.3. The number of halogens is 1. The van der Waals surface area contributed by atoms with Crippen molar-refractivity contribution in [3.63, 3.8) is 0 Å². The van der Waals surface area contributed by atoms with Gasteiger partial charge in [0.05, 0.1) is 6.61 Å². The summed E-state index contributed by atoms with van der Waals surface area (Å²) in [6, 6.07) is 6.68. The van der Waals surface area contributed by atoms with Crippen LogP contribution in [0.15, 0.2) is 18.2 Å². The van der Waals surface area contributed by atoms with Crippen LogP contribution in [0.1, 0.15) is 43.4 Å². The minimum absolute atomic E-state index is 0.313. The van der Waals surface area contributed by atoms with E-state index in [1.807, 2.05) is 0 Å². The van der Waals surface area contributed by atoms with Gasteiger partial charge in [-0.1, -0.05) is 30.7 Å². The number of ether oxygens (including phenoxy) is 1. The van der Waals surface area contributed by atoms with E-state index in [0.717, 1.165) is 37.6 Å². The highest BCUT2D eigenvalue weighted by Crippen LogP contribution is 2.33. The lowest BCUT2D eigenvalue weighted by Gasteiger charge is -2.32. The van der Waals surface area contributed by atoms with E-state index in [1.165, 1.54) is 17.5 Å². The van der Waals surface area contributed by atoms with Crippen molar-refractivity contribution in [1.82, 2.24) is 5.32 Å². The standard InChI is InChI=1S/C16H24ClNO/c1-3-8-18-16(13-5-4-9-19-11-13)14-7-6-12(2)10-15(14)17/h6-7,10,13,16,18H,3-5,8-9,11H2,1-2H3. The minimum atomic E-state index is 0.313. The van der Waals surface area contributed by atoms with Gasteiger partial charge >= 0.3 is 0 Å². The maximum Gasteiger partial charge on any atom is 0.0512 e. The molecule has 1 saturated heterocycles. The molecule has 3 heteroatoms. The largest absolute Gasteiger partial charge is 0.381 e. The molecule has 2 atom stereocenters. The SMILES string of the molecule is CCCNC(c1ccc(C)cc1Cl)C1CCCOC1. The first-order valence-electron chi connectivity index (χ1n) is 7.29. The molecule has 1 heterocycles. The Morgan fingerprint density at radius 3 is 2.95 bits per heavy atom. The Hall–Kier alpha value is -0.570. The predicted molar refractivity (Wildman–Crippen MR) is 80.8 cm³/mol. The Labute approximate surface area is 121 Å². The predicted octanol–water partition coefficient (Wildman–Crippen LogP) is 4.12. The van der Waals surface area contributed by atoms with Gasteiger partial charge in [0.1, 0.15) is 0 Å². The lowest BCUT2D eigenvalue weighted by molar-refractivity contribution is 0.0390. The van der Waals surface area contributed by atoms with Gasteiger partial charge in [-0.25, -0.2) is 0 Å². The zero-order valence-corrected chi connectivity index (χ0v) is 12.7. The summed E-state index contributed by atoms with van der Waals surface area (Å²) in [6.45, 7) is 7.03. The van der Waals surface area contributed by atoms with E-state index in [1.54, 1.807) is 0 Å². The molecule has 2 rings (SSSR count). The van der Waals surface area contributed by atoms with Crippen LogP contribution in [-0.4, -0.2) is 19.8 Å². The maximum absolute atomic E-state index is 6.44. The van der Waals surface area contributed by atoms with Crippen molar-refractivity contribution in [3.05, 3.63) is 34.3 Å². The van der Waals surface area contributed by atoms with Gasteiger partial charge in [0.25, 0.3) is 0 Å². The molecule has 1 aliphatic heterocycles. The third-order valence-corrected chi connectivity index (χ3v) is 4.10. The molecular formula is C16H24ClNO. The van der Waals surface area contributed by atoms with Gasteiger partial charge in [0, 0.05) is 23.6 Å². The molecule has 1 aromatic carbocycles. The molecule has 19 heavy (non-hydrogen) atoms. The molecule has 1 fully saturated rings. The summed E-state index contributed by atoms with van der Waals surface area (Å²) in [5.74, 6) is 0.528. The second kappa shape index (κ2) is 7.28. The fourth-order valence-corrected chi connectivity index (χ4v) is 3.10. The molecule has 2 nitrogen and oxygen atoms in total. The van der Waals surface area contributed by atoms with Crippen LogP contribution in [0.2, 0.25) is 5.02 Å². The van der Waals surface area contributed by atoms with Crippen molar-refractivity contribution < 1.29 is 4.74 Å². The zero-order chi connectivity index (χ0) is 13.7. The average Bonchev–Trinajstić information content (AvgIpc) is 2.42. The Kier molecular flexibility index (Phi) is 5.68. The zero-order valence-electron chi connectivity index (χ0n) is 11.9. The lowest BCUT2D eigenvalue weighted by Crippen LogP contribution is -2.34. The number of benzene rings is 1. The monoisotopic (exact) mass is 281 g/mol. The van der Waals surface area contributed by atoms with Crippen molar-refractivity contribution in [2.45, 2.75) is 39.2 Å². The molecular weight excluding hydrogens is 258 g/mol. The first kappa shape index (κ1) is 14.8. The second-order valence-electron chi connectivity index (χ2n) is 5.43. The summed E-state index contributed by atoms with van der Waals surface area (Å²) in [7, 11) is 0. The van der Waals surface area contributed by atoms with Crippen LogP contribution in [-0.2, 0) is 4.74 Å². The van der Waals surface area contributed by atoms with E-state index in [-0.39, 0.29) is 0 Å². The summed E-state index contributed by atoms with van der Waals surface area (Å²) in [5.41, 5.74) is 2.43. The molecule has 1 aliphatic rings. The molecule has 2 unspecified atom stereocenters. The third-order valence-electron chi connectivity index (χ3n) is 3.77. The fourth-order valence-electron chi connectivity index (χ4n) is 2.74. The van der Waals surface area contributed by atoms with Crippen molar-refractivity contribution in [1.29, 1.82) is 0 Å². The lowest BCUT2D eigenvalue weighted by atomic mass is 9.88. The van der Waals surface area contributed by atoms with Crippen molar-refractivity contribution in [2.24, 2.45) is 5.92 Å². The van der Waals surface area contributed by atoms with E-state index in [0.29, 0.717) is 12.0 Å². The van der Waals surface area contributed by atoms with Crippen LogP contribution in [0.4, 0.5) is 0 Å². The second-order valence-corrected chi connectivity index (χ2v) is 5.84. The number of nitrogens with one attached hydrogen (secondary N) is 1. The van der Waals surface area contributed by atoms with E-state index in [4.69, 9.17) is 16.3 Å². The fraction of sp³-hybridized carbons (Fsp3) is 0.625. The molecule has 106 valence electrons. The molecule has 0 spiro atoms. The van der Waals surface area contributed by atoms with Crippen LogP contribution in [0.3, 0.4) is 0 Å². The van der Waals surface area contributed by atoms with Gasteiger partial charge in [-0.15, -0.1) is 0 Å². The Balaban J connectivity index is 2.19. The van der Waals surface area contributed by atoms with Gasteiger partial charge in [-0.05, 0) is 49.9 Å². The Morgan fingerprint density at radius 2 is 2.32 bits per heavy atom. The van der Waals surface area contributed by atoms with E-state index in [2.05, 4.69) is 37.4 Å². The maximum atomic E-state index is 6.44. The van der Waals surface area contributed by atoms with Crippen molar-refractivity contribution in [3.8, 4) is 0 Å². The molecule has 0 radical (unpaired) electrons. The molecule has 0 saturated carbocycles.